The highest BCUT2D eigenvalue weighted by Crippen LogP contribution is 2.30. The second kappa shape index (κ2) is 5.23. The molecule has 84 valence electrons. The third kappa shape index (κ3) is 2.48. The van der Waals surface area contributed by atoms with Gasteiger partial charge >= 0.3 is 0 Å². The monoisotopic (exact) mass is 252 g/mol. The Kier molecular flexibility index (Phi) is 3.69. The molecule has 1 aromatic carbocycles. The third-order valence-electron chi connectivity index (χ3n) is 2.02. The molecular weight excluding hydrogens is 240 g/mol. The molecule has 1 N–H and O–H groups in total. The van der Waals surface area contributed by atoms with E-state index in [1.54, 1.807) is 0 Å². The van der Waals surface area contributed by atoms with Crippen molar-refractivity contribution in [1.29, 1.82) is 0 Å². The van der Waals surface area contributed by atoms with Gasteiger partial charge in [-0.3, -0.25) is 5.10 Å². The average Bonchev–Trinajstić information content (AvgIpc) is 2.73. The van der Waals surface area contributed by atoms with Crippen LogP contribution >= 0.6 is 23.6 Å². The van der Waals surface area contributed by atoms with E-state index in [0.29, 0.717) is 10.6 Å². The fraction of sp³-hybridized carbons (Fsp3) is 0.273. The Hall–Kier alpha value is -1.20. The number of H-pyrrole nitrogens is 1. The Morgan fingerprint density at radius 3 is 2.94 bits per heavy atom. The Balaban J connectivity index is 2.36. The van der Waals surface area contributed by atoms with E-state index in [-0.39, 0.29) is 0 Å². The van der Waals surface area contributed by atoms with E-state index in [2.05, 4.69) is 17.1 Å². The first-order valence-corrected chi connectivity index (χ1v) is 6.31. The van der Waals surface area contributed by atoms with E-state index in [1.807, 2.05) is 24.3 Å². The van der Waals surface area contributed by atoms with Gasteiger partial charge in [-0.1, -0.05) is 30.4 Å². The van der Waals surface area contributed by atoms with Crippen molar-refractivity contribution in [2.24, 2.45) is 0 Å². The van der Waals surface area contributed by atoms with E-state index < -0.39 is 0 Å². The van der Waals surface area contributed by atoms with Crippen LogP contribution in [0.5, 0.6) is 5.75 Å². The summed E-state index contributed by atoms with van der Waals surface area (Å²) in [5.41, 5.74) is 0.994. The van der Waals surface area contributed by atoms with Crippen LogP contribution in [0.3, 0.4) is 0 Å². The molecule has 0 radical (unpaired) electrons. The van der Waals surface area contributed by atoms with Crippen molar-refractivity contribution >= 4 is 23.6 Å². The van der Waals surface area contributed by atoms with Gasteiger partial charge in [0.25, 0.3) is 0 Å². The predicted octanol–water partition coefficient (Wildman–Crippen LogP) is 3.66. The number of para-hydroxylation sites is 1. The van der Waals surface area contributed by atoms with Crippen molar-refractivity contribution in [3.8, 4) is 16.3 Å². The quantitative estimate of drug-likeness (QED) is 0.844. The van der Waals surface area contributed by atoms with Crippen molar-refractivity contribution in [2.75, 3.05) is 6.61 Å². The van der Waals surface area contributed by atoms with E-state index in [1.165, 1.54) is 11.3 Å². The number of hydrogen-bond acceptors (Lipinski definition) is 4. The lowest BCUT2D eigenvalue weighted by atomic mass is 10.2. The number of rotatable bonds is 4. The zero-order valence-electron chi connectivity index (χ0n) is 8.90. The molecule has 1 aromatic heterocycles. The fourth-order valence-corrected chi connectivity index (χ4v) is 2.25. The van der Waals surface area contributed by atoms with Gasteiger partial charge in [0.15, 0.2) is 3.95 Å². The Bertz CT molecular complexity index is 518. The largest absolute Gasteiger partial charge is 0.493 e. The number of hydrogen-bond donors (Lipinski definition) is 1. The van der Waals surface area contributed by atoms with Gasteiger partial charge in [-0.15, -0.1) is 0 Å². The molecule has 1 heterocycles. The summed E-state index contributed by atoms with van der Waals surface area (Å²) in [6, 6.07) is 7.88. The van der Waals surface area contributed by atoms with E-state index >= 15 is 0 Å². The summed E-state index contributed by atoms with van der Waals surface area (Å²) < 4.78 is 6.35. The average molecular weight is 252 g/mol. The number of nitrogens with zero attached hydrogens (tertiary/aromatic N) is 1. The smallest absolute Gasteiger partial charge is 0.176 e. The molecule has 0 spiro atoms. The maximum Gasteiger partial charge on any atom is 0.176 e. The molecular formula is C11H12N2OS2. The number of aromatic amines is 1. The molecule has 0 aliphatic heterocycles. The molecule has 0 fully saturated rings. The maximum atomic E-state index is 5.67. The SMILES string of the molecule is CCCOc1ccccc1-c1n[nH]c(=S)s1. The third-order valence-corrected chi connectivity index (χ3v) is 3.14. The lowest BCUT2D eigenvalue weighted by Gasteiger charge is -2.07. The summed E-state index contributed by atoms with van der Waals surface area (Å²) in [6.45, 7) is 2.80. The fourth-order valence-electron chi connectivity index (χ4n) is 1.33. The van der Waals surface area contributed by atoms with E-state index in [4.69, 9.17) is 17.0 Å². The van der Waals surface area contributed by atoms with Crippen LogP contribution in [0.15, 0.2) is 24.3 Å². The van der Waals surface area contributed by atoms with E-state index in [9.17, 15) is 0 Å². The zero-order chi connectivity index (χ0) is 11.4. The minimum atomic E-state index is 0.681. The Labute approximate surface area is 103 Å². The van der Waals surface area contributed by atoms with Crippen LogP contribution < -0.4 is 4.74 Å². The highest BCUT2D eigenvalue weighted by atomic mass is 32.1. The summed E-state index contributed by atoms with van der Waals surface area (Å²) >= 11 is 6.48. The Morgan fingerprint density at radius 2 is 2.25 bits per heavy atom. The standard InChI is InChI=1S/C11H12N2OS2/c1-2-7-14-9-6-4-3-5-8(9)10-12-13-11(15)16-10/h3-6H,2,7H2,1H3,(H,13,15). The number of nitrogens with one attached hydrogen (secondary N) is 1. The second-order valence-electron chi connectivity index (χ2n) is 3.26. The van der Waals surface area contributed by atoms with Crippen LogP contribution in [0, 0.1) is 3.95 Å². The van der Waals surface area contributed by atoms with Crippen LogP contribution in [0.25, 0.3) is 10.6 Å². The molecule has 0 saturated carbocycles. The van der Waals surface area contributed by atoms with Crippen LogP contribution in [0.1, 0.15) is 13.3 Å². The van der Waals surface area contributed by atoms with Crippen LogP contribution in [0.2, 0.25) is 0 Å². The molecule has 0 unspecified atom stereocenters. The highest BCUT2D eigenvalue weighted by Gasteiger charge is 2.08. The molecule has 2 rings (SSSR count). The molecule has 0 aliphatic rings. The van der Waals surface area contributed by atoms with Crippen molar-refractivity contribution in [3.05, 3.63) is 28.2 Å². The minimum absolute atomic E-state index is 0.681. The number of benzene rings is 1. The lowest BCUT2D eigenvalue weighted by molar-refractivity contribution is 0.318. The summed E-state index contributed by atoms with van der Waals surface area (Å²) in [5.74, 6) is 0.863. The first-order valence-electron chi connectivity index (χ1n) is 5.09. The van der Waals surface area contributed by atoms with Gasteiger partial charge in [0.2, 0.25) is 0 Å². The maximum absolute atomic E-state index is 5.67. The molecule has 0 atom stereocenters. The van der Waals surface area contributed by atoms with Gasteiger partial charge < -0.3 is 4.74 Å². The van der Waals surface area contributed by atoms with Gasteiger partial charge in [0, 0.05) is 0 Å². The zero-order valence-corrected chi connectivity index (χ0v) is 10.5. The molecule has 3 nitrogen and oxygen atoms in total. The topological polar surface area (TPSA) is 37.9 Å². The predicted molar refractivity (Wildman–Crippen MR) is 68.5 cm³/mol. The summed E-state index contributed by atoms with van der Waals surface area (Å²) in [7, 11) is 0. The van der Waals surface area contributed by atoms with Gasteiger partial charge in [-0.25, -0.2) is 0 Å². The van der Waals surface area contributed by atoms with Crippen LogP contribution in [0.4, 0.5) is 0 Å². The van der Waals surface area contributed by atoms with Gasteiger partial charge in [0.05, 0.1) is 12.2 Å². The highest BCUT2D eigenvalue weighted by molar-refractivity contribution is 7.73. The Morgan fingerprint density at radius 1 is 1.44 bits per heavy atom. The number of aromatic nitrogens is 2. The summed E-state index contributed by atoms with van der Waals surface area (Å²) in [4.78, 5) is 0. The van der Waals surface area contributed by atoms with Crippen molar-refractivity contribution < 1.29 is 4.74 Å². The summed E-state index contributed by atoms with van der Waals surface area (Å²) in [6.07, 6.45) is 0.991. The van der Waals surface area contributed by atoms with Crippen molar-refractivity contribution in [3.63, 3.8) is 0 Å². The van der Waals surface area contributed by atoms with Gasteiger partial charge in [-0.05, 0) is 30.8 Å². The first-order chi connectivity index (χ1) is 7.81. The molecule has 5 heteroatoms. The van der Waals surface area contributed by atoms with Crippen molar-refractivity contribution in [2.45, 2.75) is 13.3 Å². The van der Waals surface area contributed by atoms with Gasteiger partial charge in [0.1, 0.15) is 10.8 Å². The normalized spacial score (nSPS) is 10.3. The molecule has 0 aliphatic carbocycles. The summed E-state index contributed by atoms with van der Waals surface area (Å²) in [5, 5.41) is 7.81. The molecule has 0 amide bonds. The first kappa shape index (κ1) is 11.3. The van der Waals surface area contributed by atoms with Crippen LogP contribution in [-0.4, -0.2) is 16.8 Å². The lowest BCUT2D eigenvalue weighted by Crippen LogP contribution is -1.96. The number of ether oxygens (including phenoxy) is 1. The molecule has 2 aromatic rings. The second-order valence-corrected chi connectivity index (χ2v) is 4.93. The molecule has 16 heavy (non-hydrogen) atoms. The van der Waals surface area contributed by atoms with Crippen molar-refractivity contribution in [1.82, 2.24) is 10.2 Å². The van der Waals surface area contributed by atoms with Crippen LogP contribution in [-0.2, 0) is 0 Å². The molecule has 0 saturated heterocycles. The van der Waals surface area contributed by atoms with E-state index in [0.717, 1.165) is 22.7 Å². The molecule has 0 bridgehead atoms. The van der Waals surface area contributed by atoms with Gasteiger partial charge in [-0.2, -0.15) is 5.10 Å². The minimum Gasteiger partial charge on any atom is -0.493 e.